The Balaban J connectivity index is 1.64. The van der Waals surface area contributed by atoms with Gasteiger partial charge in [0.2, 0.25) is 5.91 Å². The largest absolute Gasteiger partial charge is 0.371 e. The average Bonchev–Trinajstić information content (AvgIpc) is 2.84. The van der Waals surface area contributed by atoms with Gasteiger partial charge < -0.3 is 15.5 Å². The summed E-state index contributed by atoms with van der Waals surface area (Å²) in [5.74, 6) is 0.0757. The van der Waals surface area contributed by atoms with Gasteiger partial charge in [-0.05, 0) is 45.2 Å². The summed E-state index contributed by atoms with van der Waals surface area (Å²) >= 11 is 0. The molecule has 0 spiro atoms. The van der Waals surface area contributed by atoms with E-state index in [1.54, 1.807) is 0 Å². The summed E-state index contributed by atoms with van der Waals surface area (Å²) in [6, 6.07) is 8.59. The number of carbonyl (C=O) groups excluding carboxylic acids is 1. The molecule has 1 aromatic rings. The summed E-state index contributed by atoms with van der Waals surface area (Å²) in [4.78, 5) is 14.1. The molecule has 0 aromatic heterocycles. The molecule has 116 valence electrons. The predicted octanol–water partition coefficient (Wildman–Crippen LogP) is 1.94. The number of amides is 1. The third-order valence-corrected chi connectivity index (χ3v) is 3.69. The van der Waals surface area contributed by atoms with E-state index in [1.165, 1.54) is 11.3 Å². The Bertz CT molecular complexity index is 479. The van der Waals surface area contributed by atoms with Gasteiger partial charge in [-0.1, -0.05) is 18.2 Å². The van der Waals surface area contributed by atoms with E-state index in [0.29, 0.717) is 6.54 Å². The second-order valence-electron chi connectivity index (χ2n) is 6.67. The normalized spacial score (nSPS) is 14.1. The lowest BCUT2D eigenvalue weighted by molar-refractivity contribution is -0.120. The lowest BCUT2D eigenvalue weighted by Crippen LogP contribution is -2.43. The van der Waals surface area contributed by atoms with Crippen molar-refractivity contribution in [2.75, 3.05) is 31.1 Å². The van der Waals surface area contributed by atoms with Crippen LogP contribution in [0.1, 0.15) is 32.8 Å². The van der Waals surface area contributed by atoms with E-state index >= 15 is 0 Å². The zero-order valence-corrected chi connectivity index (χ0v) is 13.4. The second-order valence-corrected chi connectivity index (χ2v) is 6.67. The van der Waals surface area contributed by atoms with Crippen molar-refractivity contribution in [2.24, 2.45) is 0 Å². The third-order valence-electron chi connectivity index (χ3n) is 3.69. The number of fused-ring (bicyclic) bond motifs is 1. The SMILES string of the molecule is CC(C)(C)NCC(=O)NCCCN1CCc2ccccc21. The quantitative estimate of drug-likeness (QED) is 0.787. The van der Waals surface area contributed by atoms with Crippen LogP contribution in [0.2, 0.25) is 0 Å². The molecule has 0 atom stereocenters. The molecule has 1 aromatic carbocycles. The van der Waals surface area contributed by atoms with Crippen LogP contribution >= 0.6 is 0 Å². The Labute approximate surface area is 127 Å². The average molecular weight is 289 g/mol. The number of hydrogen-bond acceptors (Lipinski definition) is 3. The number of anilines is 1. The first-order chi connectivity index (χ1) is 9.96. The molecular weight excluding hydrogens is 262 g/mol. The van der Waals surface area contributed by atoms with Crippen LogP contribution in [0.4, 0.5) is 5.69 Å². The third kappa shape index (κ3) is 5.05. The van der Waals surface area contributed by atoms with Crippen LogP contribution < -0.4 is 15.5 Å². The highest BCUT2D eigenvalue weighted by atomic mass is 16.1. The van der Waals surface area contributed by atoms with Crippen molar-refractivity contribution >= 4 is 11.6 Å². The molecule has 4 nitrogen and oxygen atoms in total. The van der Waals surface area contributed by atoms with E-state index in [2.05, 4.69) is 60.6 Å². The van der Waals surface area contributed by atoms with Gasteiger partial charge in [0.15, 0.2) is 0 Å². The molecule has 2 rings (SSSR count). The summed E-state index contributed by atoms with van der Waals surface area (Å²) in [7, 11) is 0. The number of carbonyl (C=O) groups is 1. The Hall–Kier alpha value is -1.55. The summed E-state index contributed by atoms with van der Waals surface area (Å²) in [6.07, 6.45) is 2.12. The number of rotatable bonds is 6. The number of nitrogens with zero attached hydrogens (tertiary/aromatic N) is 1. The zero-order chi connectivity index (χ0) is 15.3. The molecule has 0 saturated carbocycles. The van der Waals surface area contributed by atoms with Crippen molar-refractivity contribution in [1.29, 1.82) is 0 Å². The van der Waals surface area contributed by atoms with Crippen LogP contribution in [0.5, 0.6) is 0 Å². The molecule has 0 radical (unpaired) electrons. The Morgan fingerprint density at radius 3 is 2.81 bits per heavy atom. The molecule has 0 aliphatic carbocycles. The summed E-state index contributed by atoms with van der Waals surface area (Å²) in [5, 5.41) is 6.17. The van der Waals surface area contributed by atoms with Gasteiger partial charge in [-0.3, -0.25) is 4.79 Å². The van der Waals surface area contributed by atoms with Gasteiger partial charge in [0.05, 0.1) is 6.54 Å². The van der Waals surface area contributed by atoms with E-state index in [9.17, 15) is 4.79 Å². The standard InChI is InChI=1S/C17H27N3O/c1-17(2,3)19-13-16(21)18-10-6-11-20-12-9-14-7-4-5-8-15(14)20/h4-5,7-8,19H,6,9-13H2,1-3H3,(H,18,21). The lowest BCUT2D eigenvalue weighted by Gasteiger charge is -2.21. The molecule has 1 heterocycles. The minimum absolute atomic E-state index is 0.0173. The smallest absolute Gasteiger partial charge is 0.233 e. The van der Waals surface area contributed by atoms with E-state index < -0.39 is 0 Å². The Morgan fingerprint density at radius 2 is 2.05 bits per heavy atom. The maximum absolute atomic E-state index is 11.7. The zero-order valence-electron chi connectivity index (χ0n) is 13.4. The summed E-state index contributed by atoms with van der Waals surface area (Å²) in [5.41, 5.74) is 2.78. The number of benzene rings is 1. The van der Waals surface area contributed by atoms with Gasteiger partial charge in [0, 0.05) is 30.9 Å². The summed E-state index contributed by atoms with van der Waals surface area (Å²) < 4.78 is 0. The maximum Gasteiger partial charge on any atom is 0.233 e. The van der Waals surface area contributed by atoms with Crippen molar-refractivity contribution in [3.8, 4) is 0 Å². The minimum atomic E-state index is -0.0173. The molecular formula is C17H27N3O. The van der Waals surface area contributed by atoms with Crippen molar-refractivity contribution in [3.05, 3.63) is 29.8 Å². The molecule has 0 bridgehead atoms. The van der Waals surface area contributed by atoms with Crippen molar-refractivity contribution in [2.45, 2.75) is 39.2 Å². The molecule has 1 aliphatic rings. The molecule has 2 N–H and O–H groups in total. The van der Waals surface area contributed by atoms with Crippen molar-refractivity contribution in [3.63, 3.8) is 0 Å². The van der Waals surface area contributed by atoms with Crippen LogP contribution in [0.25, 0.3) is 0 Å². The van der Waals surface area contributed by atoms with Crippen LogP contribution in [0, 0.1) is 0 Å². The monoisotopic (exact) mass is 289 g/mol. The molecule has 21 heavy (non-hydrogen) atoms. The highest BCUT2D eigenvalue weighted by Gasteiger charge is 2.17. The molecule has 0 unspecified atom stereocenters. The fourth-order valence-electron chi connectivity index (χ4n) is 2.54. The van der Waals surface area contributed by atoms with Gasteiger partial charge in [0.25, 0.3) is 0 Å². The van der Waals surface area contributed by atoms with Gasteiger partial charge in [-0.2, -0.15) is 0 Å². The molecule has 4 heteroatoms. The number of nitrogens with one attached hydrogen (secondary N) is 2. The molecule has 0 fully saturated rings. The van der Waals surface area contributed by atoms with Crippen LogP contribution in [0.3, 0.4) is 0 Å². The molecule has 1 amide bonds. The van der Waals surface area contributed by atoms with Gasteiger partial charge in [-0.15, -0.1) is 0 Å². The molecule has 0 saturated heterocycles. The van der Waals surface area contributed by atoms with E-state index in [0.717, 1.165) is 32.5 Å². The fraction of sp³-hybridized carbons (Fsp3) is 0.588. The molecule has 1 aliphatic heterocycles. The second kappa shape index (κ2) is 6.94. The topological polar surface area (TPSA) is 44.4 Å². The summed E-state index contributed by atoms with van der Waals surface area (Å²) in [6.45, 7) is 9.41. The number of para-hydroxylation sites is 1. The van der Waals surface area contributed by atoms with Crippen molar-refractivity contribution in [1.82, 2.24) is 10.6 Å². The van der Waals surface area contributed by atoms with E-state index in [4.69, 9.17) is 0 Å². The minimum Gasteiger partial charge on any atom is -0.371 e. The lowest BCUT2D eigenvalue weighted by atomic mass is 10.1. The highest BCUT2D eigenvalue weighted by Crippen LogP contribution is 2.27. The van der Waals surface area contributed by atoms with Gasteiger partial charge in [-0.25, -0.2) is 0 Å². The fourth-order valence-corrected chi connectivity index (χ4v) is 2.54. The van der Waals surface area contributed by atoms with Crippen LogP contribution in [-0.4, -0.2) is 37.6 Å². The first-order valence-electron chi connectivity index (χ1n) is 7.80. The Kier molecular flexibility index (Phi) is 5.23. The number of hydrogen-bond donors (Lipinski definition) is 2. The first kappa shape index (κ1) is 15.8. The van der Waals surface area contributed by atoms with E-state index in [1.807, 2.05) is 0 Å². The van der Waals surface area contributed by atoms with Crippen LogP contribution in [0.15, 0.2) is 24.3 Å². The Morgan fingerprint density at radius 1 is 1.29 bits per heavy atom. The maximum atomic E-state index is 11.7. The van der Waals surface area contributed by atoms with Crippen LogP contribution in [-0.2, 0) is 11.2 Å². The van der Waals surface area contributed by atoms with Crippen molar-refractivity contribution < 1.29 is 4.79 Å². The highest BCUT2D eigenvalue weighted by molar-refractivity contribution is 5.78. The van der Waals surface area contributed by atoms with Gasteiger partial charge in [0.1, 0.15) is 0 Å². The van der Waals surface area contributed by atoms with Gasteiger partial charge >= 0.3 is 0 Å². The van der Waals surface area contributed by atoms with E-state index in [-0.39, 0.29) is 11.4 Å². The first-order valence-corrected chi connectivity index (χ1v) is 7.80. The predicted molar refractivity (Wildman–Crippen MR) is 87.7 cm³/mol.